The number of hydrogen-bond acceptors (Lipinski definition) is 7. The molecule has 1 aromatic carbocycles. The number of anilines is 2. The molecule has 1 aliphatic rings. The lowest BCUT2D eigenvalue weighted by molar-refractivity contribution is 0.0386. The third-order valence-corrected chi connectivity index (χ3v) is 7.46. The van der Waals surface area contributed by atoms with Gasteiger partial charge in [0.15, 0.2) is 5.13 Å². The second-order valence-corrected chi connectivity index (χ2v) is 10.1. The molecule has 0 aliphatic carbocycles. The molecule has 3 aromatic heterocycles. The molecule has 8 nitrogen and oxygen atoms in total. The minimum atomic E-state index is -0.421. The Bertz CT molecular complexity index is 1460. The summed E-state index contributed by atoms with van der Waals surface area (Å²) in [5.74, 6) is -0.0458. The Labute approximate surface area is 222 Å². The molecule has 37 heavy (non-hydrogen) atoms. The number of rotatable bonds is 8. The Morgan fingerprint density at radius 2 is 2.14 bits per heavy atom. The second kappa shape index (κ2) is 10.6. The summed E-state index contributed by atoms with van der Waals surface area (Å²) in [6.07, 6.45) is 3.46. The van der Waals surface area contributed by atoms with Crippen molar-refractivity contribution in [3.8, 4) is 11.1 Å². The number of carbonyl (C=O) groups excluding carboxylic acids is 1. The molecule has 5 rings (SSSR count). The first-order valence-corrected chi connectivity index (χ1v) is 12.9. The highest BCUT2D eigenvalue weighted by Gasteiger charge is 2.34. The fraction of sp³-hybridized carbons (Fsp3) is 0.269. The first-order valence-electron chi connectivity index (χ1n) is 11.6. The van der Waals surface area contributed by atoms with E-state index in [0.717, 1.165) is 22.0 Å². The molecule has 4 aromatic rings. The van der Waals surface area contributed by atoms with E-state index in [2.05, 4.69) is 15.3 Å². The van der Waals surface area contributed by atoms with Crippen LogP contribution in [0.2, 0.25) is 5.02 Å². The van der Waals surface area contributed by atoms with Gasteiger partial charge in [0.1, 0.15) is 17.3 Å². The number of halogens is 2. The van der Waals surface area contributed by atoms with Gasteiger partial charge in [0, 0.05) is 49.1 Å². The lowest BCUT2D eigenvalue weighted by atomic mass is 10.0. The average Bonchev–Trinajstić information content (AvgIpc) is 3.49. The van der Waals surface area contributed by atoms with Crippen LogP contribution in [-0.2, 0) is 24.4 Å². The van der Waals surface area contributed by atoms with Crippen LogP contribution < -0.4 is 5.32 Å². The van der Waals surface area contributed by atoms with Crippen molar-refractivity contribution in [3.05, 3.63) is 81.5 Å². The Morgan fingerprint density at radius 3 is 2.86 bits per heavy atom. The topological polar surface area (TPSA) is 92.5 Å². The molecule has 11 heteroatoms. The van der Waals surface area contributed by atoms with Crippen molar-refractivity contribution >= 4 is 39.8 Å². The van der Waals surface area contributed by atoms with Crippen LogP contribution >= 0.6 is 22.9 Å². The number of ether oxygens (including phenoxy) is 1. The number of amides is 1. The SMILES string of the molecule is COCC1Cn2cc(-c3cc(Nc4nc(C)cs4)ncc3Cl)cc2C(=O)N1Cc1cc(F)ccc1CO. The number of nitrogens with one attached hydrogen (secondary N) is 1. The van der Waals surface area contributed by atoms with Crippen LogP contribution in [0.15, 0.2) is 48.1 Å². The molecule has 192 valence electrons. The van der Waals surface area contributed by atoms with Gasteiger partial charge in [0.05, 0.1) is 30.0 Å². The van der Waals surface area contributed by atoms with E-state index in [4.69, 9.17) is 16.3 Å². The number of hydrogen-bond donors (Lipinski definition) is 2. The summed E-state index contributed by atoms with van der Waals surface area (Å²) in [5, 5.41) is 16.0. The maximum absolute atomic E-state index is 14.0. The fourth-order valence-electron chi connectivity index (χ4n) is 4.49. The second-order valence-electron chi connectivity index (χ2n) is 8.85. The number of benzene rings is 1. The molecular weight excluding hydrogens is 517 g/mol. The zero-order chi connectivity index (χ0) is 26.1. The Kier molecular flexibility index (Phi) is 7.25. The van der Waals surface area contributed by atoms with Crippen LogP contribution in [0, 0.1) is 12.7 Å². The molecule has 0 saturated heterocycles. The Balaban J connectivity index is 1.47. The third-order valence-electron chi connectivity index (χ3n) is 6.28. The van der Waals surface area contributed by atoms with Gasteiger partial charge in [-0.1, -0.05) is 17.7 Å². The van der Waals surface area contributed by atoms with Gasteiger partial charge in [0.2, 0.25) is 0 Å². The number of aromatic nitrogens is 3. The maximum Gasteiger partial charge on any atom is 0.271 e. The van der Waals surface area contributed by atoms with Crippen molar-refractivity contribution in [1.82, 2.24) is 19.4 Å². The minimum absolute atomic E-state index is 0.151. The molecular formula is C26H25ClFN5O3S. The van der Waals surface area contributed by atoms with Crippen molar-refractivity contribution in [2.45, 2.75) is 32.7 Å². The highest BCUT2D eigenvalue weighted by atomic mass is 35.5. The van der Waals surface area contributed by atoms with E-state index >= 15 is 0 Å². The van der Waals surface area contributed by atoms with E-state index in [1.54, 1.807) is 24.3 Å². The van der Waals surface area contributed by atoms with E-state index in [9.17, 15) is 14.3 Å². The molecule has 0 saturated carbocycles. The monoisotopic (exact) mass is 541 g/mol. The quantitative estimate of drug-likeness (QED) is 0.325. The number of pyridine rings is 1. The average molecular weight is 542 g/mol. The maximum atomic E-state index is 14.0. The molecule has 0 bridgehead atoms. The van der Waals surface area contributed by atoms with Crippen LogP contribution in [0.4, 0.5) is 15.3 Å². The first kappa shape index (κ1) is 25.3. The molecule has 1 atom stereocenters. The largest absolute Gasteiger partial charge is 0.392 e. The summed E-state index contributed by atoms with van der Waals surface area (Å²) in [7, 11) is 1.58. The van der Waals surface area contributed by atoms with Gasteiger partial charge in [-0.15, -0.1) is 11.3 Å². The normalized spacial score (nSPS) is 15.2. The zero-order valence-electron chi connectivity index (χ0n) is 20.2. The number of aliphatic hydroxyl groups excluding tert-OH is 1. The van der Waals surface area contributed by atoms with Crippen molar-refractivity contribution in [2.75, 3.05) is 19.0 Å². The van der Waals surface area contributed by atoms with Crippen molar-refractivity contribution in [1.29, 1.82) is 0 Å². The summed E-state index contributed by atoms with van der Waals surface area (Å²) in [4.78, 5) is 24.1. The van der Waals surface area contributed by atoms with E-state index in [-0.39, 0.29) is 25.1 Å². The van der Waals surface area contributed by atoms with Crippen LogP contribution in [0.25, 0.3) is 11.1 Å². The summed E-state index contributed by atoms with van der Waals surface area (Å²) in [5.41, 5.74) is 4.04. The molecule has 1 amide bonds. The predicted molar refractivity (Wildman–Crippen MR) is 141 cm³/mol. The molecule has 0 radical (unpaired) electrons. The van der Waals surface area contributed by atoms with Gasteiger partial charge in [-0.2, -0.15) is 0 Å². The van der Waals surface area contributed by atoms with Crippen LogP contribution in [0.3, 0.4) is 0 Å². The number of aryl methyl sites for hydroxylation is 1. The number of carbonyl (C=O) groups is 1. The van der Waals surface area contributed by atoms with Gasteiger partial charge >= 0.3 is 0 Å². The highest BCUT2D eigenvalue weighted by molar-refractivity contribution is 7.13. The highest BCUT2D eigenvalue weighted by Crippen LogP contribution is 2.34. The van der Waals surface area contributed by atoms with Crippen LogP contribution in [0.1, 0.15) is 27.3 Å². The summed E-state index contributed by atoms with van der Waals surface area (Å²) >= 11 is 7.99. The molecule has 0 fully saturated rings. The van der Waals surface area contributed by atoms with Crippen molar-refractivity contribution in [2.24, 2.45) is 0 Å². The van der Waals surface area contributed by atoms with Gasteiger partial charge in [-0.3, -0.25) is 4.79 Å². The Hall–Kier alpha value is -3.31. The van der Waals surface area contributed by atoms with Crippen molar-refractivity contribution in [3.63, 3.8) is 0 Å². The van der Waals surface area contributed by atoms with E-state index in [0.29, 0.717) is 40.8 Å². The number of methoxy groups -OCH3 is 1. The minimum Gasteiger partial charge on any atom is -0.392 e. The van der Waals surface area contributed by atoms with E-state index in [1.807, 2.05) is 29.1 Å². The van der Waals surface area contributed by atoms with Gasteiger partial charge in [-0.05, 0) is 42.3 Å². The Morgan fingerprint density at radius 1 is 1.30 bits per heavy atom. The number of thiazole rings is 1. The molecule has 1 unspecified atom stereocenters. The van der Waals surface area contributed by atoms with Crippen LogP contribution in [0.5, 0.6) is 0 Å². The fourth-order valence-corrected chi connectivity index (χ4v) is 5.40. The van der Waals surface area contributed by atoms with Crippen LogP contribution in [-0.4, -0.2) is 50.2 Å². The van der Waals surface area contributed by atoms with Crippen molar-refractivity contribution < 1.29 is 19.0 Å². The van der Waals surface area contributed by atoms with E-state index in [1.165, 1.54) is 29.5 Å². The molecule has 4 heterocycles. The van der Waals surface area contributed by atoms with Gasteiger partial charge in [0.25, 0.3) is 5.91 Å². The summed E-state index contributed by atoms with van der Waals surface area (Å²) < 4.78 is 21.3. The third kappa shape index (κ3) is 5.24. The number of aliphatic hydroxyl groups is 1. The standard InChI is InChI=1S/C26H25ClFN5O3S/c1-15-14-37-26(30-15)31-24-7-21(22(27)8-29-24)18-6-23-25(35)33(20(13-36-2)11-32(23)9-18)10-17-5-19(28)4-3-16(17)12-34/h3-9,14,20,34H,10-13H2,1-2H3,(H,29,30,31). The predicted octanol–water partition coefficient (Wildman–Crippen LogP) is 5.01. The number of fused-ring (bicyclic) bond motifs is 1. The summed E-state index contributed by atoms with van der Waals surface area (Å²) in [6, 6.07) is 7.55. The lowest BCUT2D eigenvalue weighted by Gasteiger charge is -2.36. The van der Waals surface area contributed by atoms with E-state index < -0.39 is 5.82 Å². The zero-order valence-corrected chi connectivity index (χ0v) is 21.8. The number of nitrogens with zero attached hydrogens (tertiary/aromatic N) is 4. The molecule has 0 spiro atoms. The first-order chi connectivity index (χ1) is 17.9. The summed E-state index contributed by atoms with van der Waals surface area (Å²) in [6.45, 7) is 2.62. The molecule has 1 aliphatic heterocycles. The smallest absolute Gasteiger partial charge is 0.271 e. The lowest BCUT2D eigenvalue weighted by Crippen LogP contribution is -2.49. The van der Waals surface area contributed by atoms with Gasteiger partial charge < -0.3 is 24.6 Å². The van der Waals surface area contributed by atoms with Gasteiger partial charge in [-0.25, -0.2) is 14.4 Å². The molecule has 2 N–H and O–H groups in total.